The molecule has 0 bridgehead atoms. The van der Waals surface area contributed by atoms with E-state index in [4.69, 9.17) is 9.97 Å². The molecule has 0 atom stereocenters. The van der Waals surface area contributed by atoms with E-state index >= 15 is 0 Å². The van der Waals surface area contributed by atoms with Crippen LogP contribution in [-0.4, -0.2) is 20.9 Å². The van der Waals surface area contributed by atoms with Gasteiger partial charge in [-0.3, -0.25) is 9.78 Å². The molecule has 1 radical (unpaired) electrons. The number of hydrogen-bond donors (Lipinski definition) is 1. The Labute approximate surface area is 300 Å². The van der Waals surface area contributed by atoms with E-state index in [1.54, 1.807) is 0 Å². The van der Waals surface area contributed by atoms with Crippen molar-refractivity contribution in [3.63, 3.8) is 0 Å². The number of allylic oxidation sites excluding steroid dienone is 2. The molecule has 5 heteroatoms. The summed E-state index contributed by atoms with van der Waals surface area (Å²) >= 11 is 0. The zero-order chi connectivity index (χ0) is 33.9. The molecule has 253 valence electrons. The third kappa shape index (κ3) is 7.19. The van der Waals surface area contributed by atoms with Gasteiger partial charge in [-0.15, -0.1) is 29.1 Å². The molecule has 1 aliphatic carbocycles. The minimum absolute atomic E-state index is 0. The number of ketones is 1. The van der Waals surface area contributed by atoms with Gasteiger partial charge in [0.05, 0.1) is 11.5 Å². The van der Waals surface area contributed by atoms with Crippen molar-refractivity contribution < 1.29 is 30.0 Å². The fourth-order valence-electron chi connectivity index (χ4n) is 6.95. The predicted molar refractivity (Wildman–Crippen MR) is 197 cm³/mol. The minimum atomic E-state index is -0.205. The molecule has 0 saturated heterocycles. The van der Waals surface area contributed by atoms with Crippen molar-refractivity contribution in [1.82, 2.24) is 9.97 Å². The first kappa shape index (κ1) is 37.2. The summed E-state index contributed by atoms with van der Waals surface area (Å²) in [6.45, 7) is 17.0. The number of nitrogens with zero attached hydrogens (tertiary/aromatic N) is 2. The normalized spacial score (nSPS) is 13.4. The second-order valence-corrected chi connectivity index (χ2v) is 13.6. The molecule has 0 aliphatic heterocycles. The molecule has 0 amide bonds. The first-order valence-electron chi connectivity index (χ1n) is 17.4. The summed E-state index contributed by atoms with van der Waals surface area (Å²) in [5.41, 5.74) is 6.70. The summed E-state index contributed by atoms with van der Waals surface area (Å²) < 4.78 is 0. The predicted octanol–water partition coefficient (Wildman–Crippen LogP) is 11.5. The fraction of sp³-hybridized carbons (Fsp3) is 0.372. The molecule has 1 aliphatic rings. The van der Waals surface area contributed by atoms with Gasteiger partial charge in [0.2, 0.25) is 0 Å². The van der Waals surface area contributed by atoms with Crippen LogP contribution in [0.3, 0.4) is 0 Å². The van der Waals surface area contributed by atoms with Gasteiger partial charge in [0.15, 0.2) is 5.78 Å². The van der Waals surface area contributed by atoms with E-state index in [0.29, 0.717) is 0 Å². The molecule has 1 aromatic heterocycles. The monoisotopic (exact) mass is 818 g/mol. The van der Waals surface area contributed by atoms with Crippen LogP contribution in [-0.2, 0) is 30.3 Å². The quantitative estimate of drug-likeness (QED) is 0.0914. The van der Waals surface area contributed by atoms with Gasteiger partial charge >= 0.3 is 0 Å². The topological polar surface area (TPSA) is 63.1 Å². The number of aliphatic hydroxyl groups excluding tert-OH is 1. The maximum absolute atomic E-state index is 11.7. The van der Waals surface area contributed by atoms with Crippen molar-refractivity contribution >= 4 is 27.3 Å². The number of benzene rings is 4. The number of aromatic nitrogens is 2. The van der Waals surface area contributed by atoms with Gasteiger partial charge in [-0.2, -0.15) is 0 Å². The molecule has 6 rings (SSSR count). The fourth-order valence-corrected chi connectivity index (χ4v) is 6.95. The second-order valence-electron chi connectivity index (χ2n) is 13.6. The molecule has 48 heavy (non-hydrogen) atoms. The van der Waals surface area contributed by atoms with Crippen LogP contribution in [0.4, 0.5) is 0 Å². The summed E-state index contributed by atoms with van der Waals surface area (Å²) in [6.07, 6.45) is 4.91. The summed E-state index contributed by atoms with van der Waals surface area (Å²) in [4.78, 5) is 22.0. The van der Waals surface area contributed by atoms with E-state index in [1.165, 1.54) is 38.7 Å². The van der Waals surface area contributed by atoms with E-state index < -0.39 is 0 Å². The van der Waals surface area contributed by atoms with Crippen LogP contribution in [0, 0.1) is 17.9 Å². The van der Waals surface area contributed by atoms with Crippen LogP contribution >= 0.6 is 0 Å². The van der Waals surface area contributed by atoms with Crippen LogP contribution in [0.1, 0.15) is 104 Å². The standard InChI is InChI=1S/C30H25N2.C13H24O2.Ir/c1-18(2)29-31-27(22-14-13-19-9-5-6-11-21(19)17-22)25-24-16-15-20-10-7-8-12-23(20)26(24)30(3,4)28(25)32-29;1-5-10(6-2)12(14)9-13(15)11(7-3)8-4;/h5-13,15-18H,1-4H3;9-11,14H,5-8H2,1-4H3;/q-1;;/b;12-9-;. The Bertz CT molecular complexity index is 1930. The summed E-state index contributed by atoms with van der Waals surface area (Å²) in [5, 5.41) is 14.7. The van der Waals surface area contributed by atoms with E-state index in [-0.39, 0.29) is 54.8 Å². The Balaban J connectivity index is 0.000000279. The Morgan fingerprint density at radius 3 is 2.06 bits per heavy atom. The van der Waals surface area contributed by atoms with Crippen molar-refractivity contribution in [3.8, 4) is 22.4 Å². The molecule has 0 unspecified atom stereocenters. The largest absolute Gasteiger partial charge is 0.512 e. The summed E-state index contributed by atoms with van der Waals surface area (Å²) in [7, 11) is 0. The second kappa shape index (κ2) is 15.7. The maximum Gasteiger partial charge on any atom is 0.162 e. The van der Waals surface area contributed by atoms with Crippen molar-refractivity contribution in [2.45, 2.75) is 92.4 Å². The van der Waals surface area contributed by atoms with Crippen LogP contribution in [0.25, 0.3) is 43.9 Å². The van der Waals surface area contributed by atoms with Crippen molar-refractivity contribution in [2.75, 3.05) is 0 Å². The molecule has 1 heterocycles. The van der Waals surface area contributed by atoms with Crippen molar-refractivity contribution in [2.24, 2.45) is 11.8 Å². The van der Waals surface area contributed by atoms with Crippen molar-refractivity contribution in [3.05, 3.63) is 108 Å². The van der Waals surface area contributed by atoms with Gasteiger partial charge in [0, 0.05) is 49.4 Å². The maximum atomic E-state index is 11.7. The van der Waals surface area contributed by atoms with Crippen LogP contribution in [0.2, 0.25) is 0 Å². The SMILES string of the molecule is CC(C)c1nc(-c2[c-]cc3ccccc3c2)c2c(n1)C(C)(C)c1c-2ccc2ccccc12.CCC(CC)C(=O)/C=C(\O)C(CC)CC.[Ir]. The van der Waals surface area contributed by atoms with Crippen molar-refractivity contribution in [1.29, 1.82) is 0 Å². The number of aliphatic hydroxyl groups is 1. The van der Waals surface area contributed by atoms with E-state index in [9.17, 15) is 9.90 Å². The first-order chi connectivity index (χ1) is 22.5. The molecule has 0 fully saturated rings. The third-order valence-electron chi connectivity index (χ3n) is 9.87. The average Bonchev–Trinajstić information content (AvgIpc) is 3.32. The number of fused-ring (bicyclic) bond motifs is 6. The molecule has 5 aromatic rings. The zero-order valence-corrected chi connectivity index (χ0v) is 32.0. The number of hydrogen-bond acceptors (Lipinski definition) is 4. The van der Waals surface area contributed by atoms with Crippen LogP contribution < -0.4 is 0 Å². The molecule has 1 N–H and O–H groups in total. The third-order valence-corrected chi connectivity index (χ3v) is 9.87. The van der Waals surface area contributed by atoms with Gasteiger partial charge in [-0.05, 0) is 58.8 Å². The molecule has 4 aromatic carbocycles. The molecule has 0 spiro atoms. The van der Waals surface area contributed by atoms with E-state index in [0.717, 1.165) is 54.0 Å². The Kier molecular flexibility index (Phi) is 12.2. The molecular formula is C43H49IrN2O2-. The Morgan fingerprint density at radius 1 is 0.833 bits per heavy atom. The summed E-state index contributed by atoms with van der Waals surface area (Å²) in [6, 6.07) is 29.4. The minimum Gasteiger partial charge on any atom is -0.512 e. The van der Waals surface area contributed by atoms with E-state index in [2.05, 4.69) is 107 Å². The molecule has 0 saturated carbocycles. The molecule has 4 nitrogen and oxygen atoms in total. The number of rotatable bonds is 9. The Hall–Kier alpha value is -3.66. The summed E-state index contributed by atoms with van der Waals surface area (Å²) in [5.74, 6) is 1.69. The van der Waals surface area contributed by atoms with Gasteiger partial charge in [-0.1, -0.05) is 121 Å². The van der Waals surface area contributed by atoms with Crippen LogP contribution in [0.5, 0.6) is 0 Å². The Morgan fingerprint density at radius 2 is 1.44 bits per heavy atom. The van der Waals surface area contributed by atoms with Gasteiger partial charge in [-0.25, -0.2) is 4.98 Å². The zero-order valence-electron chi connectivity index (χ0n) is 29.6. The smallest absolute Gasteiger partial charge is 0.162 e. The van der Waals surface area contributed by atoms with Gasteiger partial charge in [0.1, 0.15) is 5.82 Å². The van der Waals surface area contributed by atoms with E-state index in [1.807, 2.05) is 27.7 Å². The first-order valence-corrected chi connectivity index (χ1v) is 17.4. The van der Waals surface area contributed by atoms with Gasteiger partial charge < -0.3 is 5.11 Å². The average molecular weight is 818 g/mol. The van der Waals surface area contributed by atoms with Crippen LogP contribution in [0.15, 0.2) is 84.6 Å². The number of carbonyl (C=O) groups is 1. The molecular weight excluding hydrogens is 769 g/mol. The van der Waals surface area contributed by atoms with Gasteiger partial charge in [0.25, 0.3) is 0 Å². The number of carbonyl (C=O) groups excluding carboxylic acids is 1.